The number of rotatable bonds is 5. The van der Waals surface area contributed by atoms with E-state index in [0.717, 1.165) is 37.8 Å². The fraction of sp³-hybridized carbons (Fsp3) is 0.625. The number of carbonyl (C=O) groups is 1. The first-order chi connectivity index (χ1) is 10.6. The topological polar surface area (TPSA) is 61.1 Å². The molecule has 6 heteroatoms. The van der Waals surface area contributed by atoms with E-state index in [-0.39, 0.29) is 11.9 Å². The van der Waals surface area contributed by atoms with Crippen LogP contribution in [0.3, 0.4) is 0 Å². The van der Waals surface area contributed by atoms with E-state index in [0.29, 0.717) is 13.1 Å². The Hall–Kier alpha value is -1.98. The Morgan fingerprint density at radius 3 is 2.86 bits per heavy atom. The van der Waals surface area contributed by atoms with E-state index in [1.165, 1.54) is 0 Å². The lowest BCUT2D eigenvalue weighted by Crippen LogP contribution is -2.56. The van der Waals surface area contributed by atoms with Gasteiger partial charge in [-0.2, -0.15) is 0 Å². The Balaban J connectivity index is 1.97. The van der Waals surface area contributed by atoms with Gasteiger partial charge in [0.2, 0.25) is 5.91 Å². The summed E-state index contributed by atoms with van der Waals surface area (Å²) in [6, 6.07) is 4.12. The van der Waals surface area contributed by atoms with Crippen molar-refractivity contribution in [1.82, 2.24) is 15.1 Å². The van der Waals surface area contributed by atoms with Gasteiger partial charge in [-0.1, -0.05) is 0 Å². The van der Waals surface area contributed by atoms with Crippen molar-refractivity contribution in [2.24, 2.45) is 4.99 Å². The summed E-state index contributed by atoms with van der Waals surface area (Å²) in [4.78, 5) is 20.6. The van der Waals surface area contributed by atoms with Crippen LogP contribution in [0.5, 0.6) is 0 Å². The molecule has 0 spiro atoms. The summed E-state index contributed by atoms with van der Waals surface area (Å²) in [7, 11) is 0. The molecule has 0 atom stereocenters. The number of amides is 1. The lowest BCUT2D eigenvalue weighted by Gasteiger charge is -2.36. The van der Waals surface area contributed by atoms with Crippen LogP contribution < -0.4 is 5.32 Å². The van der Waals surface area contributed by atoms with Crippen molar-refractivity contribution >= 4 is 11.9 Å². The molecular formula is C16H26N4O2. The van der Waals surface area contributed by atoms with Crippen LogP contribution in [0, 0.1) is 0 Å². The smallest absolute Gasteiger partial charge is 0.242 e. The normalized spacial score (nSPS) is 16.5. The molecule has 0 saturated carbocycles. The summed E-state index contributed by atoms with van der Waals surface area (Å²) in [6.45, 7) is 9.55. The molecule has 2 rings (SSSR count). The molecule has 1 amide bonds. The Morgan fingerprint density at radius 1 is 1.45 bits per heavy atom. The van der Waals surface area contributed by atoms with Gasteiger partial charge in [0.1, 0.15) is 5.76 Å². The second-order valence-electron chi connectivity index (χ2n) is 5.73. The fourth-order valence-electron chi connectivity index (χ4n) is 2.45. The van der Waals surface area contributed by atoms with Gasteiger partial charge >= 0.3 is 0 Å². The molecule has 1 aliphatic rings. The highest BCUT2D eigenvalue weighted by Crippen LogP contribution is 2.05. The summed E-state index contributed by atoms with van der Waals surface area (Å²) in [6.07, 6.45) is 2.44. The lowest BCUT2D eigenvalue weighted by atomic mass is 10.3. The minimum Gasteiger partial charge on any atom is -0.469 e. The average Bonchev–Trinajstić information content (AvgIpc) is 2.99. The molecule has 0 unspecified atom stereocenters. The van der Waals surface area contributed by atoms with Crippen molar-refractivity contribution in [1.29, 1.82) is 0 Å². The van der Waals surface area contributed by atoms with Gasteiger partial charge in [0.25, 0.3) is 0 Å². The van der Waals surface area contributed by atoms with Crippen LogP contribution in [0.1, 0.15) is 26.5 Å². The Morgan fingerprint density at radius 2 is 2.27 bits per heavy atom. The quantitative estimate of drug-likeness (QED) is 0.659. The number of likely N-dealkylation sites (N-methyl/N-ethyl adjacent to an activating group) is 1. The van der Waals surface area contributed by atoms with Gasteiger partial charge in [-0.15, -0.1) is 0 Å². The minimum absolute atomic E-state index is 0.165. The van der Waals surface area contributed by atoms with Crippen molar-refractivity contribution in [3.05, 3.63) is 24.2 Å². The molecule has 122 valence electrons. The molecule has 1 aromatic rings. The number of aliphatic imine (C=N–C) groups is 1. The van der Waals surface area contributed by atoms with Gasteiger partial charge in [0.05, 0.1) is 12.8 Å². The second kappa shape index (κ2) is 7.87. The maximum absolute atomic E-state index is 12.1. The molecule has 1 saturated heterocycles. The van der Waals surface area contributed by atoms with Gasteiger partial charge in [-0.25, -0.2) is 0 Å². The highest BCUT2D eigenvalue weighted by atomic mass is 16.3. The van der Waals surface area contributed by atoms with E-state index in [2.05, 4.69) is 24.2 Å². The third-order valence-electron chi connectivity index (χ3n) is 3.62. The van der Waals surface area contributed by atoms with Crippen LogP contribution in [0.15, 0.2) is 27.8 Å². The molecule has 1 fully saturated rings. The predicted octanol–water partition coefficient (Wildman–Crippen LogP) is 1.34. The number of furan rings is 1. The van der Waals surface area contributed by atoms with E-state index in [4.69, 9.17) is 4.42 Å². The number of hydrogen-bond donors (Lipinski definition) is 1. The standard InChI is InChI=1S/C16H26N4O2/c1-4-19-9-10-20(12-15(19)21)16(18-13(2)3)17-8-7-14-6-5-11-22-14/h5-6,11,13H,4,7-10,12H2,1-3H3,(H,17,18). The lowest BCUT2D eigenvalue weighted by molar-refractivity contribution is -0.134. The van der Waals surface area contributed by atoms with E-state index < -0.39 is 0 Å². The van der Waals surface area contributed by atoms with Gasteiger partial charge in [0.15, 0.2) is 5.96 Å². The molecule has 0 bridgehead atoms. The monoisotopic (exact) mass is 306 g/mol. The Bertz CT molecular complexity index is 496. The van der Waals surface area contributed by atoms with Crippen molar-refractivity contribution < 1.29 is 9.21 Å². The zero-order chi connectivity index (χ0) is 15.9. The van der Waals surface area contributed by atoms with Gasteiger partial charge in [-0.05, 0) is 32.9 Å². The summed E-state index contributed by atoms with van der Waals surface area (Å²) in [5.74, 6) is 1.91. The zero-order valence-electron chi connectivity index (χ0n) is 13.7. The van der Waals surface area contributed by atoms with Crippen molar-refractivity contribution in [2.45, 2.75) is 33.2 Å². The summed E-state index contributed by atoms with van der Waals surface area (Å²) < 4.78 is 5.32. The molecule has 0 aliphatic carbocycles. The van der Waals surface area contributed by atoms with Gasteiger partial charge in [0, 0.05) is 38.6 Å². The third-order valence-corrected chi connectivity index (χ3v) is 3.62. The molecule has 0 aromatic carbocycles. The first-order valence-electron chi connectivity index (χ1n) is 7.96. The van der Waals surface area contributed by atoms with E-state index in [1.54, 1.807) is 6.26 Å². The molecule has 1 aromatic heterocycles. The molecule has 6 nitrogen and oxygen atoms in total. The first-order valence-corrected chi connectivity index (χ1v) is 7.96. The van der Waals surface area contributed by atoms with Crippen LogP contribution in [-0.2, 0) is 11.2 Å². The first kappa shape index (κ1) is 16.4. The average molecular weight is 306 g/mol. The van der Waals surface area contributed by atoms with Crippen molar-refractivity contribution in [2.75, 3.05) is 32.7 Å². The summed E-state index contributed by atoms with van der Waals surface area (Å²) in [5, 5.41) is 3.36. The summed E-state index contributed by atoms with van der Waals surface area (Å²) >= 11 is 0. The maximum Gasteiger partial charge on any atom is 0.242 e. The largest absolute Gasteiger partial charge is 0.469 e. The SMILES string of the molecule is CCN1CCN(C(=NCCc2ccco2)NC(C)C)CC1=O. The van der Waals surface area contributed by atoms with Crippen molar-refractivity contribution in [3.63, 3.8) is 0 Å². The third kappa shape index (κ3) is 4.51. The van der Waals surface area contributed by atoms with E-state index >= 15 is 0 Å². The van der Waals surface area contributed by atoms with Crippen LogP contribution in [-0.4, -0.2) is 60.4 Å². The Kier molecular flexibility index (Phi) is 5.86. The van der Waals surface area contributed by atoms with Crippen LogP contribution in [0.25, 0.3) is 0 Å². The zero-order valence-corrected chi connectivity index (χ0v) is 13.7. The van der Waals surface area contributed by atoms with E-state index in [9.17, 15) is 4.79 Å². The highest BCUT2D eigenvalue weighted by molar-refractivity contribution is 5.87. The minimum atomic E-state index is 0.165. The van der Waals surface area contributed by atoms with Crippen LogP contribution >= 0.6 is 0 Å². The number of guanidine groups is 1. The maximum atomic E-state index is 12.1. The van der Waals surface area contributed by atoms with Crippen LogP contribution in [0.4, 0.5) is 0 Å². The molecule has 1 N–H and O–H groups in total. The molecule has 22 heavy (non-hydrogen) atoms. The number of nitrogens with zero attached hydrogens (tertiary/aromatic N) is 3. The van der Waals surface area contributed by atoms with Crippen LogP contribution in [0.2, 0.25) is 0 Å². The highest BCUT2D eigenvalue weighted by Gasteiger charge is 2.25. The molecular weight excluding hydrogens is 280 g/mol. The Labute approximate surface area is 132 Å². The molecule has 1 aliphatic heterocycles. The van der Waals surface area contributed by atoms with E-state index in [1.807, 2.05) is 28.9 Å². The fourth-order valence-corrected chi connectivity index (χ4v) is 2.45. The summed E-state index contributed by atoms with van der Waals surface area (Å²) in [5.41, 5.74) is 0. The predicted molar refractivity (Wildman–Crippen MR) is 86.8 cm³/mol. The molecule has 2 heterocycles. The van der Waals surface area contributed by atoms with Crippen molar-refractivity contribution in [3.8, 4) is 0 Å². The molecule has 0 radical (unpaired) electrons. The van der Waals surface area contributed by atoms with Gasteiger partial charge in [-0.3, -0.25) is 9.79 Å². The number of carbonyl (C=O) groups excluding carboxylic acids is 1. The number of piperazine rings is 1. The van der Waals surface area contributed by atoms with Gasteiger partial charge < -0.3 is 19.5 Å². The number of hydrogen-bond acceptors (Lipinski definition) is 3. The number of nitrogens with one attached hydrogen (secondary N) is 1. The second-order valence-corrected chi connectivity index (χ2v) is 5.73.